The molecule has 7 heteroatoms. The van der Waals surface area contributed by atoms with Crippen LogP contribution >= 0.6 is 11.3 Å². The molecule has 2 N–H and O–H groups in total. The lowest BCUT2D eigenvalue weighted by atomic mass is 10.1. The van der Waals surface area contributed by atoms with Crippen molar-refractivity contribution >= 4 is 22.4 Å². The number of fused-ring (bicyclic) bond motifs is 1. The van der Waals surface area contributed by atoms with Crippen LogP contribution in [0.1, 0.15) is 5.56 Å². The number of likely N-dealkylation sites (N-methyl/N-ethyl adjacent to an activating group) is 1. The van der Waals surface area contributed by atoms with E-state index < -0.39 is 0 Å². The molecule has 126 valence electrons. The Bertz CT molecular complexity index is 761. The zero-order valence-electron chi connectivity index (χ0n) is 13.5. The number of thiazole rings is 1. The normalized spacial score (nSPS) is 20.5. The third-order valence-corrected chi connectivity index (χ3v) is 5.29. The fraction of sp³-hybridized carbons (Fsp3) is 0.412. The highest BCUT2D eigenvalue weighted by molar-refractivity contribution is 7.14. The highest BCUT2D eigenvalue weighted by Crippen LogP contribution is 2.31. The van der Waals surface area contributed by atoms with Crippen LogP contribution in [0.5, 0.6) is 5.75 Å². The number of anilines is 1. The number of hydrogen-bond donors (Lipinski definition) is 2. The Kier molecular flexibility index (Phi) is 4.22. The van der Waals surface area contributed by atoms with Gasteiger partial charge in [-0.3, -0.25) is 9.69 Å². The Balaban J connectivity index is 1.47. The lowest BCUT2D eigenvalue weighted by Gasteiger charge is -2.31. The van der Waals surface area contributed by atoms with Gasteiger partial charge in [0.05, 0.1) is 12.3 Å². The number of hydrogen-bond acceptors (Lipinski definition) is 6. The summed E-state index contributed by atoms with van der Waals surface area (Å²) in [5.74, 6) is 0.961. The van der Waals surface area contributed by atoms with Gasteiger partial charge < -0.3 is 15.4 Å². The van der Waals surface area contributed by atoms with Crippen molar-refractivity contribution in [1.82, 2.24) is 15.2 Å². The van der Waals surface area contributed by atoms with E-state index in [0.29, 0.717) is 11.7 Å². The van der Waals surface area contributed by atoms with E-state index in [4.69, 9.17) is 4.74 Å². The number of piperazine rings is 1. The molecule has 0 spiro atoms. The van der Waals surface area contributed by atoms with Crippen LogP contribution in [0.3, 0.4) is 0 Å². The third kappa shape index (κ3) is 3.02. The Morgan fingerprint density at radius 3 is 3.29 bits per heavy atom. The van der Waals surface area contributed by atoms with Gasteiger partial charge in [-0.1, -0.05) is 0 Å². The SMILES string of the molecule is CN1CCNCC1C(=O)Nc1nc(-c2ccc3c(c2)CCO3)cs1. The quantitative estimate of drug-likeness (QED) is 0.885. The van der Waals surface area contributed by atoms with Gasteiger partial charge in [0.1, 0.15) is 11.8 Å². The minimum absolute atomic E-state index is 0.00652. The van der Waals surface area contributed by atoms with Gasteiger partial charge in [-0.15, -0.1) is 11.3 Å². The molecule has 6 nitrogen and oxygen atoms in total. The molecule has 2 aliphatic heterocycles. The van der Waals surface area contributed by atoms with Crippen molar-refractivity contribution < 1.29 is 9.53 Å². The number of nitrogens with zero attached hydrogens (tertiary/aromatic N) is 2. The molecule has 1 unspecified atom stereocenters. The Hall–Kier alpha value is -1.96. The van der Waals surface area contributed by atoms with Gasteiger partial charge in [0.2, 0.25) is 5.91 Å². The van der Waals surface area contributed by atoms with E-state index in [0.717, 1.165) is 43.1 Å². The molecular formula is C17H20N4O2S. The van der Waals surface area contributed by atoms with Gasteiger partial charge >= 0.3 is 0 Å². The molecule has 1 aromatic heterocycles. The van der Waals surface area contributed by atoms with E-state index in [-0.39, 0.29) is 11.9 Å². The predicted molar refractivity (Wildman–Crippen MR) is 94.7 cm³/mol. The highest BCUT2D eigenvalue weighted by atomic mass is 32.1. The number of carbonyl (C=O) groups excluding carboxylic acids is 1. The van der Waals surface area contributed by atoms with Crippen LogP contribution in [-0.2, 0) is 11.2 Å². The average molecular weight is 344 g/mol. The molecule has 1 fully saturated rings. The number of rotatable bonds is 3. The largest absolute Gasteiger partial charge is 0.493 e. The van der Waals surface area contributed by atoms with E-state index in [1.807, 2.05) is 24.6 Å². The first kappa shape index (κ1) is 15.6. The van der Waals surface area contributed by atoms with Gasteiger partial charge in [0.15, 0.2) is 5.13 Å². The minimum atomic E-state index is -0.150. The smallest absolute Gasteiger partial charge is 0.244 e. The minimum Gasteiger partial charge on any atom is -0.493 e. The highest BCUT2D eigenvalue weighted by Gasteiger charge is 2.26. The van der Waals surface area contributed by atoms with Crippen molar-refractivity contribution in [2.45, 2.75) is 12.5 Å². The van der Waals surface area contributed by atoms with Crippen molar-refractivity contribution in [2.75, 3.05) is 38.6 Å². The first-order valence-electron chi connectivity index (χ1n) is 8.14. The maximum atomic E-state index is 12.4. The van der Waals surface area contributed by atoms with Gasteiger partial charge in [-0.2, -0.15) is 0 Å². The molecule has 0 radical (unpaired) electrons. The Labute approximate surface area is 144 Å². The Morgan fingerprint density at radius 2 is 2.42 bits per heavy atom. The molecular weight excluding hydrogens is 324 g/mol. The summed E-state index contributed by atoms with van der Waals surface area (Å²) in [4.78, 5) is 19.1. The summed E-state index contributed by atoms with van der Waals surface area (Å²) in [6.45, 7) is 3.22. The topological polar surface area (TPSA) is 66.5 Å². The maximum Gasteiger partial charge on any atom is 0.244 e. The fourth-order valence-electron chi connectivity index (χ4n) is 3.10. The first-order chi connectivity index (χ1) is 11.7. The summed E-state index contributed by atoms with van der Waals surface area (Å²) >= 11 is 1.46. The summed E-state index contributed by atoms with van der Waals surface area (Å²) in [5, 5.41) is 8.83. The zero-order valence-corrected chi connectivity index (χ0v) is 14.4. The van der Waals surface area contributed by atoms with Crippen molar-refractivity contribution in [1.29, 1.82) is 0 Å². The van der Waals surface area contributed by atoms with Crippen LogP contribution in [0.4, 0.5) is 5.13 Å². The summed E-state index contributed by atoms with van der Waals surface area (Å²) in [7, 11) is 1.98. The Morgan fingerprint density at radius 1 is 1.50 bits per heavy atom. The molecule has 24 heavy (non-hydrogen) atoms. The molecule has 3 heterocycles. The van der Waals surface area contributed by atoms with Crippen LogP contribution in [0.15, 0.2) is 23.6 Å². The lowest BCUT2D eigenvalue weighted by Crippen LogP contribution is -2.54. The summed E-state index contributed by atoms with van der Waals surface area (Å²) in [6, 6.07) is 5.99. The summed E-state index contributed by atoms with van der Waals surface area (Å²) in [6.07, 6.45) is 0.942. The standard InChI is InChI=1S/C17H20N4O2S/c1-21-6-5-18-9-14(21)16(22)20-17-19-13(10-24-17)11-2-3-15-12(8-11)4-7-23-15/h2-3,8,10,14,18H,4-7,9H2,1H3,(H,19,20,22). The summed E-state index contributed by atoms with van der Waals surface area (Å²) in [5.41, 5.74) is 3.17. The van der Waals surface area contributed by atoms with Crippen molar-refractivity contribution in [2.24, 2.45) is 0 Å². The number of amides is 1. The second-order valence-corrected chi connectivity index (χ2v) is 7.01. The van der Waals surface area contributed by atoms with E-state index in [9.17, 15) is 4.79 Å². The lowest BCUT2D eigenvalue weighted by molar-refractivity contribution is -0.121. The van der Waals surface area contributed by atoms with Crippen LogP contribution in [0.25, 0.3) is 11.3 Å². The fourth-order valence-corrected chi connectivity index (χ4v) is 3.82. The van der Waals surface area contributed by atoms with Gasteiger partial charge in [-0.05, 0) is 30.8 Å². The van der Waals surface area contributed by atoms with Crippen LogP contribution in [0.2, 0.25) is 0 Å². The number of nitrogens with one attached hydrogen (secondary N) is 2. The molecule has 1 atom stereocenters. The molecule has 1 amide bonds. The predicted octanol–water partition coefficient (Wildman–Crippen LogP) is 1.59. The van der Waals surface area contributed by atoms with Crippen molar-refractivity contribution in [3.05, 3.63) is 29.1 Å². The molecule has 0 saturated carbocycles. The number of ether oxygens (including phenoxy) is 1. The van der Waals surface area contributed by atoms with Gasteiger partial charge in [0, 0.05) is 37.0 Å². The molecule has 0 bridgehead atoms. The van der Waals surface area contributed by atoms with E-state index in [1.54, 1.807) is 0 Å². The van der Waals surface area contributed by atoms with Crippen molar-refractivity contribution in [3.63, 3.8) is 0 Å². The van der Waals surface area contributed by atoms with Crippen molar-refractivity contribution in [3.8, 4) is 17.0 Å². The van der Waals surface area contributed by atoms with Crippen LogP contribution in [-0.4, -0.2) is 55.1 Å². The summed E-state index contributed by atoms with van der Waals surface area (Å²) < 4.78 is 5.54. The van der Waals surface area contributed by atoms with E-state index >= 15 is 0 Å². The molecule has 1 saturated heterocycles. The third-order valence-electron chi connectivity index (χ3n) is 4.53. The molecule has 1 aromatic carbocycles. The van der Waals surface area contributed by atoms with Gasteiger partial charge in [-0.25, -0.2) is 4.98 Å². The van der Waals surface area contributed by atoms with E-state index in [2.05, 4.69) is 26.6 Å². The molecule has 2 aromatic rings. The number of benzene rings is 1. The number of carbonyl (C=O) groups is 1. The van der Waals surface area contributed by atoms with E-state index in [1.165, 1.54) is 16.9 Å². The molecule has 0 aliphatic carbocycles. The first-order valence-corrected chi connectivity index (χ1v) is 9.02. The average Bonchev–Trinajstić information content (AvgIpc) is 3.23. The number of aromatic nitrogens is 1. The van der Waals surface area contributed by atoms with Gasteiger partial charge in [0.25, 0.3) is 0 Å². The van der Waals surface area contributed by atoms with Crippen LogP contribution in [0, 0.1) is 0 Å². The monoisotopic (exact) mass is 344 g/mol. The zero-order chi connectivity index (χ0) is 16.5. The second-order valence-electron chi connectivity index (χ2n) is 6.15. The maximum absolute atomic E-state index is 12.4. The molecule has 2 aliphatic rings. The van der Waals surface area contributed by atoms with Crippen LogP contribution < -0.4 is 15.4 Å². The second kappa shape index (κ2) is 6.51. The molecule has 4 rings (SSSR count).